The molecule has 0 saturated heterocycles. The molecule has 150 valence electrons. The number of nitrogens with one attached hydrogen (secondary N) is 2. The predicted molar refractivity (Wildman–Crippen MR) is 116 cm³/mol. The molecule has 5 rings (SSSR count). The molecule has 8 heteroatoms. The van der Waals surface area contributed by atoms with Gasteiger partial charge in [0, 0.05) is 16.8 Å². The van der Waals surface area contributed by atoms with Crippen LogP contribution in [0.5, 0.6) is 5.75 Å². The first kappa shape index (κ1) is 18.3. The van der Waals surface area contributed by atoms with E-state index in [0.717, 1.165) is 21.1 Å². The van der Waals surface area contributed by atoms with E-state index in [2.05, 4.69) is 10.3 Å². The highest BCUT2D eigenvalue weighted by Gasteiger charge is 2.18. The Balaban J connectivity index is 1.49. The molecule has 1 amide bonds. The smallest absolute Gasteiger partial charge is 0.348 e. The molecule has 3 heterocycles. The lowest BCUT2D eigenvalue weighted by Crippen LogP contribution is -2.13. The first-order chi connectivity index (χ1) is 14.6. The SMILES string of the molecule is COC(=O)c1cc2[nH]c(C(=O)Nc3cc4oc5ccccc5c4cc3OC)cc2s1. The van der Waals surface area contributed by atoms with Gasteiger partial charge in [0.15, 0.2) is 0 Å². The molecule has 30 heavy (non-hydrogen) atoms. The van der Waals surface area contributed by atoms with Crippen LogP contribution in [0, 0.1) is 0 Å². The van der Waals surface area contributed by atoms with Gasteiger partial charge < -0.3 is 24.2 Å². The molecular weight excluding hydrogens is 404 g/mol. The van der Waals surface area contributed by atoms with Crippen molar-refractivity contribution in [2.24, 2.45) is 0 Å². The van der Waals surface area contributed by atoms with Crippen molar-refractivity contribution in [1.29, 1.82) is 0 Å². The number of esters is 1. The van der Waals surface area contributed by atoms with E-state index in [1.807, 2.05) is 30.3 Å². The number of carbonyl (C=O) groups excluding carboxylic acids is 2. The van der Waals surface area contributed by atoms with Crippen LogP contribution >= 0.6 is 11.3 Å². The zero-order valence-corrected chi connectivity index (χ0v) is 16.9. The molecule has 0 saturated carbocycles. The number of benzene rings is 2. The van der Waals surface area contributed by atoms with Gasteiger partial charge >= 0.3 is 5.97 Å². The zero-order valence-electron chi connectivity index (χ0n) is 16.1. The van der Waals surface area contributed by atoms with E-state index in [9.17, 15) is 9.59 Å². The van der Waals surface area contributed by atoms with Gasteiger partial charge in [0.25, 0.3) is 5.91 Å². The Kier molecular flexibility index (Phi) is 4.22. The molecular formula is C22H16N2O5S. The molecule has 0 unspecified atom stereocenters. The van der Waals surface area contributed by atoms with Crippen LogP contribution in [0.1, 0.15) is 20.2 Å². The minimum atomic E-state index is -0.403. The Morgan fingerprint density at radius 1 is 1.03 bits per heavy atom. The number of H-pyrrole nitrogens is 1. The second-order valence-corrected chi connectivity index (χ2v) is 7.75. The standard InChI is InChI=1S/C22H16N2O5S/c1-27-18-7-12-11-5-3-4-6-16(11)29-17(12)8-13(18)24-21(25)15-10-19-14(23-15)9-20(30-19)22(26)28-2/h3-10,23H,1-2H3,(H,24,25). The normalized spacial score (nSPS) is 11.3. The molecule has 2 aromatic carbocycles. The Labute approximate surface area is 174 Å². The Bertz CT molecular complexity index is 1410. The van der Waals surface area contributed by atoms with E-state index in [0.29, 0.717) is 33.1 Å². The molecule has 0 atom stereocenters. The van der Waals surface area contributed by atoms with Gasteiger partial charge in [0.2, 0.25) is 0 Å². The minimum absolute atomic E-state index is 0.327. The molecule has 0 fully saturated rings. The highest BCUT2D eigenvalue weighted by Crippen LogP contribution is 2.36. The fraction of sp³-hybridized carbons (Fsp3) is 0.0909. The molecule has 7 nitrogen and oxygen atoms in total. The Morgan fingerprint density at radius 3 is 2.63 bits per heavy atom. The van der Waals surface area contributed by atoms with Crippen LogP contribution in [0.25, 0.3) is 32.2 Å². The van der Waals surface area contributed by atoms with Gasteiger partial charge in [0.05, 0.1) is 30.1 Å². The molecule has 0 aliphatic rings. The Morgan fingerprint density at radius 2 is 1.87 bits per heavy atom. The second kappa shape index (κ2) is 6.93. The van der Waals surface area contributed by atoms with Gasteiger partial charge in [-0.2, -0.15) is 0 Å². The summed E-state index contributed by atoms with van der Waals surface area (Å²) in [6.45, 7) is 0. The summed E-state index contributed by atoms with van der Waals surface area (Å²) in [6, 6.07) is 14.7. The number of para-hydroxylation sites is 1. The average molecular weight is 420 g/mol. The third kappa shape index (κ3) is 2.89. The van der Waals surface area contributed by atoms with Crippen LogP contribution in [0.3, 0.4) is 0 Å². The lowest BCUT2D eigenvalue weighted by atomic mass is 10.1. The van der Waals surface area contributed by atoms with E-state index < -0.39 is 5.97 Å². The molecule has 5 aromatic rings. The number of methoxy groups -OCH3 is 2. The molecule has 0 spiro atoms. The van der Waals surface area contributed by atoms with Gasteiger partial charge in [-0.1, -0.05) is 18.2 Å². The summed E-state index contributed by atoms with van der Waals surface area (Å²) in [4.78, 5) is 28.0. The van der Waals surface area contributed by atoms with E-state index >= 15 is 0 Å². The summed E-state index contributed by atoms with van der Waals surface area (Å²) in [5.74, 6) is -0.199. The number of anilines is 1. The van der Waals surface area contributed by atoms with Gasteiger partial charge in [-0.15, -0.1) is 11.3 Å². The highest BCUT2D eigenvalue weighted by molar-refractivity contribution is 7.20. The van der Waals surface area contributed by atoms with Crippen molar-refractivity contribution in [3.63, 3.8) is 0 Å². The van der Waals surface area contributed by atoms with Crippen LogP contribution in [0.4, 0.5) is 5.69 Å². The first-order valence-electron chi connectivity index (χ1n) is 9.09. The third-order valence-corrected chi connectivity index (χ3v) is 5.95. The lowest BCUT2D eigenvalue weighted by Gasteiger charge is -2.09. The number of furan rings is 1. The van der Waals surface area contributed by atoms with Crippen molar-refractivity contribution in [3.05, 3.63) is 59.1 Å². The maximum absolute atomic E-state index is 12.8. The largest absolute Gasteiger partial charge is 0.495 e. The van der Waals surface area contributed by atoms with Crippen LogP contribution < -0.4 is 10.1 Å². The third-order valence-electron chi connectivity index (χ3n) is 4.88. The second-order valence-electron chi connectivity index (χ2n) is 6.66. The van der Waals surface area contributed by atoms with Gasteiger partial charge in [0.1, 0.15) is 27.5 Å². The van der Waals surface area contributed by atoms with Crippen molar-refractivity contribution < 1.29 is 23.5 Å². The first-order valence-corrected chi connectivity index (χ1v) is 9.90. The molecule has 0 bridgehead atoms. The van der Waals surface area contributed by atoms with E-state index in [4.69, 9.17) is 13.9 Å². The van der Waals surface area contributed by atoms with E-state index in [1.165, 1.54) is 18.4 Å². The summed E-state index contributed by atoms with van der Waals surface area (Å²) < 4.78 is 16.9. The van der Waals surface area contributed by atoms with Crippen molar-refractivity contribution in [2.45, 2.75) is 0 Å². The number of hydrogen-bond donors (Lipinski definition) is 2. The highest BCUT2D eigenvalue weighted by atomic mass is 32.1. The number of aromatic amines is 1. The van der Waals surface area contributed by atoms with Gasteiger partial charge in [-0.05, 0) is 24.3 Å². The number of aromatic nitrogens is 1. The molecule has 0 aliphatic carbocycles. The lowest BCUT2D eigenvalue weighted by molar-refractivity contribution is 0.0606. The molecule has 3 aromatic heterocycles. The number of rotatable bonds is 4. The van der Waals surface area contributed by atoms with E-state index in [1.54, 1.807) is 25.3 Å². The average Bonchev–Trinajstić information content (AvgIpc) is 3.43. The topological polar surface area (TPSA) is 93.6 Å². The number of ether oxygens (including phenoxy) is 2. The van der Waals surface area contributed by atoms with Crippen LogP contribution in [0.2, 0.25) is 0 Å². The van der Waals surface area contributed by atoms with Crippen LogP contribution in [0.15, 0.2) is 52.9 Å². The van der Waals surface area contributed by atoms with Gasteiger partial charge in [-0.25, -0.2) is 4.79 Å². The summed E-state index contributed by atoms with van der Waals surface area (Å²) in [7, 11) is 2.89. The number of carbonyl (C=O) groups is 2. The van der Waals surface area contributed by atoms with Crippen molar-refractivity contribution in [3.8, 4) is 5.75 Å². The van der Waals surface area contributed by atoms with Crippen molar-refractivity contribution >= 4 is 61.1 Å². The zero-order chi connectivity index (χ0) is 20.8. The number of thiophene rings is 1. The fourth-order valence-corrected chi connectivity index (χ4v) is 4.43. The molecule has 2 N–H and O–H groups in total. The summed E-state index contributed by atoms with van der Waals surface area (Å²) >= 11 is 1.26. The van der Waals surface area contributed by atoms with Crippen LogP contribution in [-0.4, -0.2) is 31.1 Å². The molecule has 0 aliphatic heterocycles. The maximum atomic E-state index is 12.8. The summed E-state index contributed by atoms with van der Waals surface area (Å²) in [5.41, 5.74) is 3.00. The maximum Gasteiger partial charge on any atom is 0.348 e. The van der Waals surface area contributed by atoms with Gasteiger partial charge in [-0.3, -0.25) is 4.79 Å². The monoisotopic (exact) mass is 420 g/mol. The number of fused-ring (bicyclic) bond motifs is 4. The number of amides is 1. The van der Waals surface area contributed by atoms with Crippen molar-refractivity contribution in [1.82, 2.24) is 4.98 Å². The summed E-state index contributed by atoms with van der Waals surface area (Å²) in [6.07, 6.45) is 0. The minimum Gasteiger partial charge on any atom is -0.495 e. The summed E-state index contributed by atoms with van der Waals surface area (Å²) in [5, 5.41) is 4.77. The Hall–Kier alpha value is -3.78. The fourth-order valence-electron chi connectivity index (χ4n) is 3.45. The van der Waals surface area contributed by atoms with Crippen LogP contribution in [-0.2, 0) is 4.74 Å². The van der Waals surface area contributed by atoms with Crippen molar-refractivity contribution in [2.75, 3.05) is 19.5 Å². The van der Waals surface area contributed by atoms with E-state index in [-0.39, 0.29) is 5.91 Å². The quantitative estimate of drug-likeness (QED) is 0.391. The predicted octanol–water partition coefficient (Wildman–Crippen LogP) is 5.18. The number of hydrogen-bond acceptors (Lipinski definition) is 6. The molecule has 0 radical (unpaired) electrons.